The molecule has 0 bridgehead atoms. The number of nitrogens with zero attached hydrogens (tertiary/aromatic N) is 5. The minimum absolute atomic E-state index is 0.0434. The number of hydrogen-bond acceptors (Lipinski definition) is 9. The molecule has 0 aliphatic carbocycles. The monoisotopic (exact) mass is 346 g/mol. The average Bonchev–Trinajstić information content (AvgIpc) is 2.57. The maximum absolute atomic E-state index is 11.7. The van der Waals surface area contributed by atoms with Crippen LogP contribution >= 0.6 is 0 Å². The summed E-state index contributed by atoms with van der Waals surface area (Å²) in [6.45, 7) is 2.69. The molecular formula is C15H22N8O2. The predicted octanol–water partition coefficient (Wildman–Crippen LogP) is -0.558. The van der Waals surface area contributed by atoms with Gasteiger partial charge in [-0.2, -0.15) is 15.1 Å². The molecule has 134 valence electrons. The summed E-state index contributed by atoms with van der Waals surface area (Å²) < 4.78 is 7.11. The molecule has 1 atom stereocenters. The minimum Gasteiger partial charge on any atom is -0.383 e. The molecule has 1 aliphatic heterocycles. The number of ether oxygens (including phenoxy) is 1. The van der Waals surface area contributed by atoms with Crippen molar-refractivity contribution in [3.8, 4) is 0 Å². The molecule has 2 aromatic rings. The fourth-order valence-electron chi connectivity index (χ4n) is 2.70. The first-order valence-electron chi connectivity index (χ1n) is 8.05. The molecule has 25 heavy (non-hydrogen) atoms. The Hall–Kier alpha value is -2.88. The zero-order valence-electron chi connectivity index (χ0n) is 14.1. The smallest absolute Gasteiger partial charge is 0.268 e. The summed E-state index contributed by atoms with van der Waals surface area (Å²) in [5, 5.41) is 7.24. The molecule has 3 rings (SSSR count). The molecule has 10 nitrogen and oxygen atoms in total. The number of rotatable bonds is 5. The Bertz CT molecular complexity index is 773. The summed E-state index contributed by atoms with van der Waals surface area (Å²) in [4.78, 5) is 21.8. The molecule has 0 radical (unpaired) electrons. The molecule has 3 heterocycles. The second kappa shape index (κ2) is 7.34. The van der Waals surface area contributed by atoms with Gasteiger partial charge in [-0.25, -0.2) is 4.68 Å². The van der Waals surface area contributed by atoms with Crippen LogP contribution in [0.15, 0.2) is 23.1 Å². The van der Waals surface area contributed by atoms with Gasteiger partial charge < -0.3 is 26.4 Å². The molecule has 2 aromatic heterocycles. The highest BCUT2D eigenvalue weighted by atomic mass is 16.5. The lowest BCUT2D eigenvalue weighted by Gasteiger charge is -2.34. The highest BCUT2D eigenvalue weighted by molar-refractivity contribution is 5.48. The van der Waals surface area contributed by atoms with Crippen LogP contribution in [0.2, 0.25) is 0 Å². The third-order valence-corrected chi connectivity index (χ3v) is 3.99. The van der Waals surface area contributed by atoms with Crippen LogP contribution in [0, 0.1) is 0 Å². The van der Waals surface area contributed by atoms with Gasteiger partial charge in [0.15, 0.2) is 0 Å². The Morgan fingerprint density at radius 3 is 2.96 bits per heavy atom. The second-order valence-corrected chi connectivity index (χ2v) is 5.87. The van der Waals surface area contributed by atoms with Gasteiger partial charge in [0.1, 0.15) is 11.6 Å². The van der Waals surface area contributed by atoms with Gasteiger partial charge in [0, 0.05) is 38.8 Å². The fourth-order valence-corrected chi connectivity index (χ4v) is 2.70. The average molecular weight is 346 g/mol. The number of nitrogen functional groups attached to an aromatic ring is 2. The topological polar surface area (TPSA) is 137 Å². The van der Waals surface area contributed by atoms with Gasteiger partial charge in [0.25, 0.3) is 5.56 Å². The number of morpholine rings is 1. The van der Waals surface area contributed by atoms with E-state index in [0.29, 0.717) is 31.3 Å². The van der Waals surface area contributed by atoms with Crippen LogP contribution in [0.5, 0.6) is 0 Å². The molecule has 1 fully saturated rings. The minimum atomic E-state index is -0.124. The van der Waals surface area contributed by atoms with E-state index in [0.717, 1.165) is 18.7 Å². The maximum Gasteiger partial charge on any atom is 0.268 e. The van der Waals surface area contributed by atoms with Crippen LogP contribution in [0.4, 0.5) is 23.3 Å². The van der Waals surface area contributed by atoms with Crippen LogP contribution in [-0.2, 0) is 11.8 Å². The Labute approximate surface area is 144 Å². The zero-order chi connectivity index (χ0) is 17.8. The van der Waals surface area contributed by atoms with Crippen molar-refractivity contribution < 1.29 is 4.74 Å². The number of anilines is 4. The van der Waals surface area contributed by atoms with Gasteiger partial charge in [-0.05, 0) is 6.42 Å². The van der Waals surface area contributed by atoms with Crippen molar-refractivity contribution in [1.82, 2.24) is 19.7 Å². The molecule has 5 N–H and O–H groups in total. The van der Waals surface area contributed by atoms with Crippen molar-refractivity contribution in [2.45, 2.75) is 12.5 Å². The largest absolute Gasteiger partial charge is 0.383 e. The molecule has 1 aliphatic rings. The van der Waals surface area contributed by atoms with Crippen molar-refractivity contribution in [3.63, 3.8) is 0 Å². The van der Waals surface area contributed by atoms with E-state index in [1.54, 1.807) is 25.4 Å². The lowest BCUT2D eigenvalue weighted by atomic mass is 10.2. The predicted molar refractivity (Wildman–Crippen MR) is 95.4 cm³/mol. The summed E-state index contributed by atoms with van der Waals surface area (Å²) >= 11 is 0. The number of aryl methyl sites for hydroxylation is 1. The first-order chi connectivity index (χ1) is 12.0. The molecule has 0 amide bonds. The van der Waals surface area contributed by atoms with Crippen molar-refractivity contribution >= 4 is 23.3 Å². The summed E-state index contributed by atoms with van der Waals surface area (Å²) in [5.74, 6) is 1.06. The molecule has 1 saturated heterocycles. The van der Waals surface area contributed by atoms with E-state index in [1.165, 1.54) is 4.68 Å². The van der Waals surface area contributed by atoms with Crippen LogP contribution in [0.3, 0.4) is 0 Å². The Morgan fingerprint density at radius 2 is 2.20 bits per heavy atom. The van der Waals surface area contributed by atoms with E-state index in [2.05, 4.69) is 25.3 Å². The van der Waals surface area contributed by atoms with Gasteiger partial charge in [0.05, 0.1) is 24.6 Å². The number of hydrogen-bond donors (Lipinski definition) is 3. The quantitative estimate of drug-likeness (QED) is 0.650. The lowest BCUT2D eigenvalue weighted by Crippen LogP contribution is -2.43. The molecule has 0 aromatic carbocycles. The molecular weight excluding hydrogens is 324 g/mol. The first-order valence-corrected chi connectivity index (χ1v) is 8.05. The Morgan fingerprint density at radius 1 is 1.36 bits per heavy atom. The summed E-state index contributed by atoms with van der Waals surface area (Å²) in [7, 11) is 1.63. The van der Waals surface area contributed by atoms with E-state index < -0.39 is 0 Å². The summed E-state index contributed by atoms with van der Waals surface area (Å²) in [6.07, 6.45) is 2.52. The van der Waals surface area contributed by atoms with Crippen LogP contribution in [0.25, 0.3) is 0 Å². The fraction of sp³-hybridized carbons (Fsp3) is 0.467. The Balaban J connectivity index is 1.54. The van der Waals surface area contributed by atoms with E-state index in [4.69, 9.17) is 16.2 Å². The van der Waals surface area contributed by atoms with Crippen molar-refractivity contribution in [3.05, 3.63) is 28.7 Å². The summed E-state index contributed by atoms with van der Waals surface area (Å²) in [6, 6.07) is 3.23. The van der Waals surface area contributed by atoms with Crippen LogP contribution in [0.1, 0.15) is 6.42 Å². The molecule has 1 unspecified atom stereocenters. The summed E-state index contributed by atoms with van der Waals surface area (Å²) in [5.41, 5.74) is 11.9. The number of nitrogens with two attached hydrogens (primary N) is 2. The van der Waals surface area contributed by atoms with Crippen molar-refractivity contribution in [1.29, 1.82) is 0 Å². The van der Waals surface area contributed by atoms with Crippen LogP contribution < -0.4 is 27.2 Å². The van der Waals surface area contributed by atoms with E-state index in [9.17, 15) is 4.79 Å². The maximum atomic E-state index is 11.7. The van der Waals surface area contributed by atoms with Gasteiger partial charge in [-0.3, -0.25) is 4.79 Å². The van der Waals surface area contributed by atoms with Gasteiger partial charge in [-0.15, -0.1) is 0 Å². The van der Waals surface area contributed by atoms with Gasteiger partial charge in [-0.1, -0.05) is 0 Å². The van der Waals surface area contributed by atoms with Crippen LogP contribution in [-0.4, -0.2) is 52.1 Å². The standard InChI is InChI=1S/C15H22N8O2/c1-22-14(24)6-10(8-19-22)23-4-5-25-11(9-23)2-3-18-13-7-12(16)20-15(17)21-13/h6-8,11H,2-5,9H2,1H3,(H5,16,17,18,20,21). The third-order valence-electron chi connectivity index (χ3n) is 3.99. The number of nitrogens with one attached hydrogen (secondary N) is 1. The second-order valence-electron chi connectivity index (χ2n) is 5.87. The normalized spacial score (nSPS) is 17.5. The van der Waals surface area contributed by atoms with Crippen molar-refractivity contribution in [2.75, 3.05) is 47.9 Å². The van der Waals surface area contributed by atoms with Gasteiger partial charge in [0.2, 0.25) is 5.95 Å². The number of aromatic nitrogens is 4. The third kappa shape index (κ3) is 4.35. The van der Waals surface area contributed by atoms with E-state index in [1.807, 2.05) is 0 Å². The Kier molecular flexibility index (Phi) is 4.98. The van der Waals surface area contributed by atoms with Gasteiger partial charge >= 0.3 is 0 Å². The van der Waals surface area contributed by atoms with E-state index >= 15 is 0 Å². The highest BCUT2D eigenvalue weighted by Crippen LogP contribution is 2.17. The van der Waals surface area contributed by atoms with E-state index in [-0.39, 0.29) is 17.6 Å². The highest BCUT2D eigenvalue weighted by Gasteiger charge is 2.21. The molecule has 10 heteroatoms. The molecule has 0 spiro atoms. The first kappa shape index (κ1) is 17.0. The lowest BCUT2D eigenvalue weighted by molar-refractivity contribution is 0.0374. The van der Waals surface area contributed by atoms with Crippen molar-refractivity contribution in [2.24, 2.45) is 7.05 Å². The SMILES string of the molecule is Cn1ncc(N2CCOC(CCNc3cc(N)nc(N)n3)C2)cc1=O. The zero-order valence-corrected chi connectivity index (χ0v) is 14.1. The molecule has 0 saturated carbocycles.